The van der Waals surface area contributed by atoms with E-state index in [1.807, 2.05) is 18.2 Å². The highest BCUT2D eigenvalue weighted by Gasteiger charge is 2.30. The lowest BCUT2D eigenvalue weighted by Gasteiger charge is -2.21. The van der Waals surface area contributed by atoms with E-state index >= 15 is 0 Å². The van der Waals surface area contributed by atoms with Crippen LogP contribution in [0, 0.1) is 0 Å². The average molecular weight is 395 g/mol. The number of benzene rings is 2. The molecule has 28 heavy (non-hydrogen) atoms. The fourth-order valence-corrected chi connectivity index (χ4v) is 2.56. The molecule has 0 spiro atoms. The Bertz CT molecular complexity index is 786. The summed E-state index contributed by atoms with van der Waals surface area (Å²) in [7, 11) is 0. The van der Waals surface area contributed by atoms with E-state index in [0.717, 1.165) is 36.1 Å². The minimum absolute atomic E-state index is 0.494. The largest absolute Gasteiger partial charge is 0.478 e. The van der Waals surface area contributed by atoms with Crippen molar-refractivity contribution in [2.24, 2.45) is 0 Å². The molecule has 0 saturated heterocycles. The van der Waals surface area contributed by atoms with Crippen molar-refractivity contribution in [1.29, 1.82) is 0 Å². The molecule has 2 rings (SSSR count). The zero-order chi connectivity index (χ0) is 20.8. The van der Waals surface area contributed by atoms with Gasteiger partial charge in [-0.15, -0.1) is 0 Å². The first-order valence-corrected chi connectivity index (χ1v) is 8.96. The zero-order valence-corrected chi connectivity index (χ0v) is 15.8. The summed E-state index contributed by atoms with van der Waals surface area (Å²) in [6.07, 6.45) is -2.72. The maximum absolute atomic E-state index is 12.5. The molecule has 0 fully saturated rings. The summed E-state index contributed by atoms with van der Waals surface area (Å²) >= 11 is 0. The van der Waals surface area contributed by atoms with Crippen LogP contribution in [0.15, 0.2) is 48.5 Å². The second kappa shape index (κ2) is 9.10. The smallest absolute Gasteiger partial charge is 0.416 e. The Hall–Kier alpha value is -2.54. The normalized spacial score (nSPS) is 12.0. The van der Waals surface area contributed by atoms with E-state index in [1.165, 1.54) is 26.0 Å². The van der Waals surface area contributed by atoms with Crippen LogP contribution in [0.1, 0.15) is 37.0 Å². The first kappa shape index (κ1) is 21.8. The first-order valence-electron chi connectivity index (χ1n) is 8.96. The highest BCUT2D eigenvalue weighted by Crippen LogP contribution is 2.29. The highest BCUT2D eigenvalue weighted by molar-refractivity contribution is 5.76. The van der Waals surface area contributed by atoms with E-state index < -0.39 is 23.3 Å². The molecule has 0 saturated carbocycles. The molecular weight excluding hydrogens is 371 g/mol. The molecule has 7 heteroatoms. The lowest BCUT2D eigenvalue weighted by atomic mass is 10.1. The SMILES string of the molecule is CC(C)(Oc1cccc(CCCNCc2ccc(C(F)(F)F)cc2)c1)C(=O)O. The predicted octanol–water partition coefficient (Wildman–Crippen LogP) is 4.67. The van der Waals surface area contributed by atoms with Crippen molar-refractivity contribution in [3.05, 3.63) is 65.2 Å². The number of alkyl halides is 3. The molecule has 0 bridgehead atoms. The molecule has 0 unspecified atom stereocenters. The summed E-state index contributed by atoms with van der Waals surface area (Å²) in [4.78, 5) is 11.1. The standard InChI is InChI=1S/C21H24F3NO3/c1-20(2,19(26)27)28-18-7-3-5-15(13-18)6-4-12-25-14-16-8-10-17(11-9-16)21(22,23)24/h3,5,7-11,13,25H,4,6,12,14H2,1-2H3,(H,26,27). The van der Waals surface area contributed by atoms with Crippen LogP contribution in [0.25, 0.3) is 0 Å². The molecule has 2 N–H and O–H groups in total. The first-order chi connectivity index (χ1) is 13.1. The van der Waals surface area contributed by atoms with Crippen LogP contribution in [0.5, 0.6) is 5.75 Å². The fourth-order valence-electron chi connectivity index (χ4n) is 2.56. The predicted molar refractivity (Wildman–Crippen MR) is 100 cm³/mol. The van der Waals surface area contributed by atoms with E-state index in [-0.39, 0.29) is 0 Å². The van der Waals surface area contributed by atoms with Gasteiger partial charge in [0.2, 0.25) is 0 Å². The Labute approximate surface area is 162 Å². The van der Waals surface area contributed by atoms with Gasteiger partial charge in [-0.1, -0.05) is 24.3 Å². The van der Waals surface area contributed by atoms with Gasteiger partial charge in [-0.2, -0.15) is 13.2 Å². The van der Waals surface area contributed by atoms with E-state index in [0.29, 0.717) is 18.8 Å². The van der Waals surface area contributed by atoms with Gasteiger partial charge >= 0.3 is 12.1 Å². The highest BCUT2D eigenvalue weighted by atomic mass is 19.4. The zero-order valence-electron chi connectivity index (χ0n) is 15.8. The Balaban J connectivity index is 1.76. The van der Waals surface area contributed by atoms with E-state index in [2.05, 4.69) is 5.32 Å². The molecular formula is C21H24F3NO3. The number of aryl methyl sites for hydroxylation is 1. The lowest BCUT2D eigenvalue weighted by Crippen LogP contribution is -2.37. The maximum atomic E-state index is 12.5. The third-order valence-electron chi connectivity index (χ3n) is 4.22. The van der Waals surface area contributed by atoms with Gasteiger partial charge in [0, 0.05) is 6.54 Å². The van der Waals surface area contributed by atoms with Crippen LogP contribution >= 0.6 is 0 Å². The molecule has 0 heterocycles. The quantitative estimate of drug-likeness (QED) is 0.606. The number of carbonyl (C=O) groups is 1. The van der Waals surface area contributed by atoms with Gasteiger partial charge in [0.15, 0.2) is 5.60 Å². The minimum Gasteiger partial charge on any atom is -0.478 e. The molecule has 0 amide bonds. The van der Waals surface area contributed by atoms with Crippen molar-refractivity contribution in [3.8, 4) is 5.75 Å². The number of hydrogen-bond donors (Lipinski definition) is 2. The molecule has 0 radical (unpaired) electrons. The minimum atomic E-state index is -4.32. The number of carboxylic acid groups (broad SMARTS) is 1. The summed E-state index contributed by atoms with van der Waals surface area (Å²) in [5, 5.41) is 12.3. The van der Waals surface area contributed by atoms with Crippen molar-refractivity contribution in [2.75, 3.05) is 6.54 Å². The fraction of sp³-hybridized carbons (Fsp3) is 0.381. The second-order valence-electron chi connectivity index (χ2n) is 7.04. The summed E-state index contributed by atoms with van der Waals surface area (Å²) in [6, 6.07) is 12.4. The van der Waals surface area contributed by atoms with Gasteiger partial charge in [0.1, 0.15) is 5.75 Å². The number of carboxylic acids is 1. The summed E-state index contributed by atoms with van der Waals surface area (Å²) in [6.45, 7) is 4.18. The monoisotopic (exact) mass is 395 g/mol. The number of hydrogen-bond acceptors (Lipinski definition) is 3. The second-order valence-corrected chi connectivity index (χ2v) is 7.04. The Morgan fingerprint density at radius 3 is 2.36 bits per heavy atom. The topological polar surface area (TPSA) is 58.6 Å². The molecule has 0 aliphatic heterocycles. The molecule has 0 aliphatic carbocycles. The van der Waals surface area contributed by atoms with E-state index in [1.54, 1.807) is 6.07 Å². The maximum Gasteiger partial charge on any atom is 0.416 e. The van der Waals surface area contributed by atoms with Gasteiger partial charge in [-0.05, 0) is 68.6 Å². The number of nitrogens with one attached hydrogen (secondary N) is 1. The van der Waals surface area contributed by atoms with Crippen molar-refractivity contribution < 1.29 is 27.8 Å². The van der Waals surface area contributed by atoms with Gasteiger partial charge in [-0.3, -0.25) is 0 Å². The van der Waals surface area contributed by atoms with Crippen molar-refractivity contribution >= 4 is 5.97 Å². The average Bonchev–Trinajstić information content (AvgIpc) is 2.61. The van der Waals surface area contributed by atoms with Crippen LogP contribution in [-0.4, -0.2) is 23.2 Å². The van der Waals surface area contributed by atoms with Gasteiger partial charge in [0.05, 0.1) is 5.56 Å². The lowest BCUT2D eigenvalue weighted by molar-refractivity contribution is -0.152. The third kappa shape index (κ3) is 6.56. The molecule has 0 aliphatic rings. The van der Waals surface area contributed by atoms with Crippen LogP contribution in [0.3, 0.4) is 0 Å². The number of aliphatic carboxylic acids is 1. The molecule has 0 aromatic heterocycles. The Morgan fingerprint density at radius 1 is 1.07 bits per heavy atom. The van der Waals surface area contributed by atoms with Gasteiger partial charge in [-0.25, -0.2) is 4.79 Å². The van der Waals surface area contributed by atoms with Crippen molar-refractivity contribution in [1.82, 2.24) is 5.32 Å². The Kier molecular flexibility index (Phi) is 7.07. The summed E-state index contributed by atoms with van der Waals surface area (Å²) in [5.74, 6) is -0.534. The van der Waals surface area contributed by atoms with Gasteiger partial charge < -0.3 is 15.2 Å². The van der Waals surface area contributed by atoms with Crippen LogP contribution in [-0.2, 0) is 23.9 Å². The van der Waals surface area contributed by atoms with Crippen LogP contribution in [0.4, 0.5) is 13.2 Å². The van der Waals surface area contributed by atoms with Gasteiger partial charge in [0.25, 0.3) is 0 Å². The Morgan fingerprint density at radius 2 is 1.75 bits per heavy atom. The number of rotatable bonds is 9. The number of ether oxygens (including phenoxy) is 1. The summed E-state index contributed by atoms with van der Waals surface area (Å²) in [5.41, 5.74) is -0.138. The van der Waals surface area contributed by atoms with E-state index in [4.69, 9.17) is 9.84 Å². The molecule has 152 valence electrons. The number of halogens is 3. The van der Waals surface area contributed by atoms with Crippen LogP contribution in [0.2, 0.25) is 0 Å². The summed E-state index contributed by atoms with van der Waals surface area (Å²) < 4.78 is 43.1. The molecule has 4 nitrogen and oxygen atoms in total. The van der Waals surface area contributed by atoms with Crippen LogP contribution < -0.4 is 10.1 Å². The van der Waals surface area contributed by atoms with E-state index in [9.17, 15) is 18.0 Å². The van der Waals surface area contributed by atoms with Crippen molar-refractivity contribution in [3.63, 3.8) is 0 Å². The molecule has 2 aromatic rings. The van der Waals surface area contributed by atoms with Crippen molar-refractivity contribution in [2.45, 2.75) is 45.0 Å². The molecule has 0 atom stereocenters. The third-order valence-corrected chi connectivity index (χ3v) is 4.22. The molecule has 2 aromatic carbocycles.